The van der Waals surface area contributed by atoms with Crippen LogP contribution in [-0.4, -0.2) is 44.7 Å². The van der Waals surface area contributed by atoms with E-state index in [-0.39, 0.29) is 5.92 Å². The lowest BCUT2D eigenvalue weighted by Crippen LogP contribution is -3.12. The quantitative estimate of drug-likeness (QED) is 0.843. The average molecular weight is 396 g/mol. The van der Waals surface area contributed by atoms with E-state index >= 15 is 0 Å². The predicted octanol–water partition coefficient (Wildman–Crippen LogP) is 2.08. The summed E-state index contributed by atoms with van der Waals surface area (Å²) in [5.41, 5.74) is 3.91. The van der Waals surface area contributed by atoms with Crippen molar-refractivity contribution >= 4 is 5.91 Å². The molecule has 5 heteroatoms. The maximum Gasteiger partial charge on any atom is 0.231 e. The minimum atomic E-state index is 0.129. The van der Waals surface area contributed by atoms with Gasteiger partial charge in [0.1, 0.15) is 6.54 Å². The van der Waals surface area contributed by atoms with E-state index in [1.165, 1.54) is 21.6 Å². The molecule has 1 saturated heterocycles. The van der Waals surface area contributed by atoms with Crippen LogP contribution < -0.4 is 14.4 Å². The van der Waals surface area contributed by atoms with Crippen LogP contribution in [0.1, 0.15) is 29.5 Å². The number of quaternary nitrogens is 1. The van der Waals surface area contributed by atoms with Crippen LogP contribution in [0.5, 0.6) is 11.5 Å². The molecule has 154 valence electrons. The Balaban J connectivity index is 1.39. The molecule has 2 aliphatic heterocycles. The van der Waals surface area contributed by atoms with Gasteiger partial charge >= 0.3 is 0 Å². The van der Waals surface area contributed by atoms with Crippen LogP contribution in [0.25, 0.3) is 0 Å². The number of fused-ring (bicyclic) bond motifs is 1. The number of likely N-dealkylation sites (tertiary alicyclic amines) is 1. The van der Waals surface area contributed by atoms with Gasteiger partial charge in [-0.1, -0.05) is 24.3 Å². The number of rotatable bonds is 5. The van der Waals surface area contributed by atoms with Crippen LogP contribution in [0, 0.1) is 5.92 Å². The maximum atomic E-state index is 13.2. The second-order valence-corrected chi connectivity index (χ2v) is 8.19. The number of carbonyl (C=O) groups is 1. The van der Waals surface area contributed by atoms with E-state index in [4.69, 9.17) is 9.47 Å². The third-order valence-electron chi connectivity index (χ3n) is 6.31. The van der Waals surface area contributed by atoms with Crippen molar-refractivity contribution in [2.75, 3.05) is 33.9 Å². The minimum absolute atomic E-state index is 0.129. The van der Waals surface area contributed by atoms with Gasteiger partial charge in [-0.15, -0.1) is 0 Å². The Morgan fingerprint density at radius 2 is 1.90 bits per heavy atom. The largest absolute Gasteiger partial charge is 0.493 e. The Hall–Kier alpha value is -2.53. The SMILES string of the molecule is COc1ccc(C[NH+]2CCCC(C(=O)N3CCc4ccccc4C3)C2)cc1OC. The smallest absolute Gasteiger partial charge is 0.231 e. The molecule has 2 atom stereocenters. The molecule has 0 saturated carbocycles. The van der Waals surface area contributed by atoms with Crippen molar-refractivity contribution in [2.45, 2.75) is 32.4 Å². The van der Waals surface area contributed by atoms with Crippen molar-refractivity contribution in [3.05, 3.63) is 59.2 Å². The molecule has 2 aromatic carbocycles. The van der Waals surface area contributed by atoms with E-state index in [1.54, 1.807) is 14.2 Å². The first-order valence-corrected chi connectivity index (χ1v) is 10.6. The number of hydrogen-bond donors (Lipinski definition) is 1. The third-order valence-corrected chi connectivity index (χ3v) is 6.31. The second-order valence-electron chi connectivity index (χ2n) is 8.19. The fourth-order valence-electron chi connectivity index (χ4n) is 4.74. The monoisotopic (exact) mass is 395 g/mol. The molecule has 29 heavy (non-hydrogen) atoms. The molecule has 2 aliphatic rings. The molecular weight excluding hydrogens is 364 g/mol. The highest BCUT2D eigenvalue weighted by Gasteiger charge is 2.33. The van der Waals surface area contributed by atoms with Crippen molar-refractivity contribution < 1.29 is 19.2 Å². The number of amides is 1. The number of hydrogen-bond acceptors (Lipinski definition) is 3. The van der Waals surface area contributed by atoms with Gasteiger partial charge < -0.3 is 19.3 Å². The fraction of sp³-hybridized carbons (Fsp3) is 0.458. The van der Waals surface area contributed by atoms with Crippen molar-refractivity contribution in [1.82, 2.24) is 4.90 Å². The Morgan fingerprint density at radius 3 is 2.69 bits per heavy atom. The number of nitrogens with one attached hydrogen (secondary N) is 1. The zero-order valence-corrected chi connectivity index (χ0v) is 17.4. The number of piperidine rings is 1. The molecular formula is C24H31N2O3+. The molecule has 1 N–H and O–H groups in total. The predicted molar refractivity (Wildman–Crippen MR) is 112 cm³/mol. The van der Waals surface area contributed by atoms with Crippen LogP contribution >= 0.6 is 0 Å². The van der Waals surface area contributed by atoms with E-state index in [1.807, 2.05) is 6.07 Å². The van der Waals surface area contributed by atoms with E-state index in [0.29, 0.717) is 5.91 Å². The molecule has 0 aliphatic carbocycles. The number of benzene rings is 2. The molecule has 0 spiro atoms. The van der Waals surface area contributed by atoms with Gasteiger partial charge in [-0.25, -0.2) is 0 Å². The zero-order valence-electron chi connectivity index (χ0n) is 17.4. The van der Waals surface area contributed by atoms with Crippen molar-refractivity contribution in [3.63, 3.8) is 0 Å². The summed E-state index contributed by atoms with van der Waals surface area (Å²) in [7, 11) is 3.32. The number of carbonyl (C=O) groups excluding carboxylic acids is 1. The molecule has 4 rings (SSSR count). The summed E-state index contributed by atoms with van der Waals surface area (Å²) in [6.45, 7) is 4.53. The van der Waals surface area contributed by atoms with Crippen molar-refractivity contribution in [2.24, 2.45) is 5.92 Å². The first-order chi connectivity index (χ1) is 14.2. The molecule has 1 fully saturated rings. The summed E-state index contributed by atoms with van der Waals surface area (Å²) < 4.78 is 10.8. The molecule has 0 bridgehead atoms. The number of nitrogens with zero attached hydrogens (tertiary/aromatic N) is 1. The minimum Gasteiger partial charge on any atom is -0.493 e. The molecule has 1 amide bonds. The number of methoxy groups -OCH3 is 2. The van der Waals surface area contributed by atoms with Gasteiger partial charge in [-0.2, -0.15) is 0 Å². The van der Waals surface area contributed by atoms with E-state index < -0.39 is 0 Å². The van der Waals surface area contributed by atoms with Gasteiger partial charge in [0.25, 0.3) is 0 Å². The maximum absolute atomic E-state index is 13.2. The van der Waals surface area contributed by atoms with Gasteiger partial charge in [0.2, 0.25) is 5.91 Å². The Bertz CT molecular complexity index is 867. The molecule has 2 heterocycles. The molecule has 0 aromatic heterocycles. The Kier molecular flexibility index (Phi) is 6.05. The first kappa shape index (κ1) is 19.8. The fourth-order valence-corrected chi connectivity index (χ4v) is 4.74. The van der Waals surface area contributed by atoms with Crippen molar-refractivity contribution in [1.29, 1.82) is 0 Å². The standard InChI is InChI=1S/C24H30N2O3/c1-28-22-10-9-18(14-23(22)29-2)15-25-12-5-8-21(16-25)24(27)26-13-11-19-6-3-4-7-20(19)17-26/h3-4,6-7,9-10,14,21H,5,8,11-13,15-17H2,1-2H3/p+1. The third kappa shape index (κ3) is 4.40. The summed E-state index contributed by atoms with van der Waals surface area (Å²) in [6.07, 6.45) is 3.08. The molecule has 2 unspecified atom stereocenters. The van der Waals surface area contributed by atoms with Crippen LogP contribution in [-0.2, 0) is 24.3 Å². The highest BCUT2D eigenvalue weighted by molar-refractivity contribution is 5.79. The van der Waals surface area contributed by atoms with Crippen molar-refractivity contribution in [3.8, 4) is 11.5 Å². The lowest BCUT2D eigenvalue weighted by Gasteiger charge is -2.35. The van der Waals surface area contributed by atoms with E-state index in [2.05, 4.69) is 41.3 Å². The van der Waals surface area contributed by atoms with Crippen LogP contribution in [0.3, 0.4) is 0 Å². The highest BCUT2D eigenvalue weighted by atomic mass is 16.5. The normalized spacial score (nSPS) is 21.4. The van der Waals surface area contributed by atoms with E-state index in [0.717, 1.165) is 63.5 Å². The van der Waals surface area contributed by atoms with Crippen LogP contribution in [0.4, 0.5) is 0 Å². The van der Waals surface area contributed by atoms with Crippen LogP contribution in [0.15, 0.2) is 42.5 Å². The Morgan fingerprint density at radius 1 is 1.10 bits per heavy atom. The molecule has 0 radical (unpaired) electrons. The summed E-state index contributed by atoms with van der Waals surface area (Å²) in [5.74, 6) is 1.98. The lowest BCUT2D eigenvalue weighted by molar-refractivity contribution is -0.921. The average Bonchev–Trinajstić information content (AvgIpc) is 2.78. The van der Waals surface area contributed by atoms with Gasteiger partial charge in [0.15, 0.2) is 11.5 Å². The summed E-state index contributed by atoms with van der Waals surface area (Å²) in [5, 5.41) is 0. The second kappa shape index (κ2) is 8.87. The van der Waals surface area contributed by atoms with Crippen LogP contribution in [0.2, 0.25) is 0 Å². The molecule has 2 aromatic rings. The summed E-state index contributed by atoms with van der Waals surface area (Å²) >= 11 is 0. The summed E-state index contributed by atoms with van der Waals surface area (Å²) in [6, 6.07) is 14.6. The summed E-state index contributed by atoms with van der Waals surface area (Å²) in [4.78, 5) is 16.8. The number of ether oxygens (including phenoxy) is 2. The first-order valence-electron chi connectivity index (χ1n) is 10.6. The van der Waals surface area contributed by atoms with Gasteiger partial charge in [-0.3, -0.25) is 4.79 Å². The highest BCUT2D eigenvalue weighted by Crippen LogP contribution is 2.27. The van der Waals surface area contributed by atoms with Gasteiger partial charge in [0.05, 0.1) is 33.2 Å². The van der Waals surface area contributed by atoms with E-state index in [9.17, 15) is 4.79 Å². The molecule has 5 nitrogen and oxygen atoms in total. The Labute approximate surface area is 173 Å². The lowest BCUT2D eigenvalue weighted by atomic mass is 9.93. The topological polar surface area (TPSA) is 43.2 Å². The zero-order chi connectivity index (χ0) is 20.2. The van der Waals surface area contributed by atoms with Gasteiger partial charge in [0, 0.05) is 18.7 Å². The van der Waals surface area contributed by atoms with Gasteiger partial charge in [-0.05, 0) is 48.6 Å².